The number of thioether (sulfide) groups is 1. The molecule has 0 aliphatic heterocycles. The zero-order chi connectivity index (χ0) is 15.6. The maximum atomic E-state index is 12.2. The predicted molar refractivity (Wildman–Crippen MR) is 86.3 cm³/mol. The number of nitrogens with one attached hydrogen (secondary N) is 1. The molecule has 2 N–H and O–H groups in total. The van der Waals surface area contributed by atoms with Crippen molar-refractivity contribution in [2.45, 2.75) is 38.0 Å². The molecule has 114 valence electrons. The summed E-state index contributed by atoms with van der Waals surface area (Å²) >= 11 is 1.73. The molecular weight excluding hydrogens is 288 g/mol. The van der Waals surface area contributed by atoms with Crippen molar-refractivity contribution in [1.82, 2.24) is 9.55 Å². The summed E-state index contributed by atoms with van der Waals surface area (Å²) in [6, 6.07) is 4.92. The first-order valence-electron chi connectivity index (χ1n) is 6.98. The van der Waals surface area contributed by atoms with Gasteiger partial charge in [-0.05, 0) is 31.2 Å². The highest BCUT2D eigenvalue weighted by molar-refractivity contribution is 8.00. The highest BCUT2D eigenvalue weighted by Gasteiger charge is 2.28. The summed E-state index contributed by atoms with van der Waals surface area (Å²) in [5.74, 6) is -1.02. The molecule has 0 radical (unpaired) electrons. The molecule has 21 heavy (non-hydrogen) atoms. The van der Waals surface area contributed by atoms with E-state index < -0.39 is 5.97 Å². The van der Waals surface area contributed by atoms with Crippen LogP contribution in [0.3, 0.4) is 0 Å². The van der Waals surface area contributed by atoms with Crippen LogP contribution in [0.25, 0.3) is 11.0 Å². The second-order valence-corrected chi connectivity index (χ2v) is 6.39. The fraction of sp³-hybridized carbons (Fsp3) is 0.467. The lowest BCUT2D eigenvalue weighted by atomic mass is 10.0. The van der Waals surface area contributed by atoms with E-state index in [0.717, 1.165) is 12.8 Å². The third kappa shape index (κ3) is 2.72. The number of imidazole rings is 1. The summed E-state index contributed by atoms with van der Waals surface area (Å²) in [6.07, 6.45) is 3.86. The van der Waals surface area contributed by atoms with Crippen molar-refractivity contribution in [2.75, 3.05) is 6.26 Å². The lowest BCUT2D eigenvalue weighted by Crippen LogP contribution is -2.33. The molecule has 0 saturated carbocycles. The molecule has 0 amide bonds. The lowest BCUT2D eigenvalue weighted by Gasteiger charge is -2.30. The standard InChI is InChI=1S/C15H20N2O3S/c1-4-15(5-2,21-3)9-17-12-10(13(18)19)7-6-8-11(12)16-14(17)20/h6-8H,4-5,9H2,1-3H3,(H,16,20)(H,18,19). The van der Waals surface area contributed by atoms with Gasteiger partial charge in [0, 0.05) is 11.3 Å². The monoisotopic (exact) mass is 308 g/mol. The number of fused-ring (bicyclic) bond motifs is 1. The molecule has 1 aromatic carbocycles. The average molecular weight is 308 g/mol. The third-order valence-electron chi connectivity index (χ3n) is 4.19. The van der Waals surface area contributed by atoms with E-state index in [1.54, 1.807) is 28.5 Å². The lowest BCUT2D eigenvalue weighted by molar-refractivity contribution is 0.0698. The van der Waals surface area contributed by atoms with Crippen LogP contribution >= 0.6 is 11.8 Å². The number of nitrogens with zero attached hydrogens (tertiary/aromatic N) is 1. The van der Waals surface area contributed by atoms with Crippen LogP contribution in [-0.4, -0.2) is 31.6 Å². The molecule has 0 aliphatic carbocycles. The van der Waals surface area contributed by atoms with Gasteiger partial charge in [0.1, 0.15) is 0 Å². The van der Waals surface area contributed by atoms with E-state index in [4.69, 9.17) is 0 Å². The third-order valence-corrected chi connectivity index (χ3v) is 5.76. The smallest absolute Gasteiger partial charge is 0.337 e. The Kier molecular flexibility index (Phi) is 4.46. The fourth-order valence-electron chi connectivity index (χ4n) is 2.66. The van der Waals surface area contributed by atoms with Gasteiger partial charge in [0.05, 0.1) is 16.6 Å². The Bertz CT molecular complexity index is 705. The molecule has 0 aliphatic rings. The quantitative estimate of drug-likeness (QED) is 0.860. The molecular formula is C15H20N2O3S. The molecule has 1 aromatic heterocycles. The van der Waals surface area contributed by atoms with Crippen LogP contribution in [0.5, 0.6) is 0 Å². The Labute approximate surface area is 127 Å². The molecule has 5 nitrogen and oxygen atoms in total. The molecule has 0 atom stereocenters. The Morgan fingerprint density at radius 3 is 2.57 bits per heavy atom. The number of aromatic nitrogens is 2. The SMILES string of the molecule is CCC(CC)(Cn1c(=O)[nH]c2cccc(C(=O)O)c21)SC. The van der Waals surface area contributed by atoms with Crippen molar-refractivity contribution in [3.05, 3.63) is 34.2 Å². The van der Waals surface area contributed by atoms with Crippen LogP contribution in [0, 0.1) is 0 Å². The molecule has 0 saturated heterocycles. The number of hydrogen-bond acceptors (Lipinski definition) is 3. The number of carboxylic acids is 1. The van der Waals surface area contributed by atoms with E-state index in [9.17, 15) is 14.7 Å². The summed E-state index contributed by atoms with van der Waals surface area (Å²) in [5.41, 5.74) is 0.963. The molecule has 0 unspecified atom stereocenters. The van der Waals surface area contributed by atoms with Crippen LogP contribution in [-0.2, 0) is 6.54 Å². The summed E-state index contributed by atoms with van der Waals surface area (Å²) in [7, 11) is 0. The summed E-state index contributed by atoms with van der Waals surface area (Å²) in [4.78, 5) is 26.4. The maximum Gasteiger partial charge on any atom is 0.337 e. The van der Waals surface area contributed by atoms with Gasteiger partial charge in [-0.2, -0.15) is 11.8 Å². The number of carbonyl (C=O) groups is 1. The molecule has 2 rings (SSSR count). The number of benzene rings is 1. The first-order valence-corrected chi connectivity index (χ1v) is 8.20. The van der Waals surface area contributed by atoms with Gasteiger partial charge < -0.3 is 10.1 Å². The van der Waals surface area contributed by atoms with Gasteiger partial charge in [-0.1, -0.05) is 19.9 Å². The van der Waals surface area contributed by atoms with Gasteiger partial charge >= 0.3 is 11.7 Å². The van der Waals surface area contributed by atoms with Crippen molar-refractivity contribution in [1.29, 1.82) is 0 Å². The minimum atomic E-state index is -1.02. The Balaban J connectivity index is 2.66. The largest absolute Gasteiger partial charge is 0.478 e. The van der Waals surface area contributed by atoms with E-state index >= 15 is 0 Å². The van der Waals surface area contributed by atoms with E-state index in [1.165, 1.54) is 6.07 Å². The summed E-state index contributed by atoms with van der Waals surface area (Å²) < 4.78 is 1.51. The van der Waals surface area contributed by atoms with E-state index in [1.807, 2.05) is 6.26 Å². The first kappa shape index (κ1) is 15.7. The van der Waals surface area contributed by atoms with Crippen molar-refractivity contribution in [3.8, 4) is 0 Å². The van der Waals surface area contributed by atoms with E-state index in [0.29, 0.717) is 17.6 Å². The highest BCUT2D eigenvalue weighted by Crippen LogP contribution is 2.33. The first-order chi connectivity index (χ1) is 9.98. The van der Waals surface area contributed by atoms with Gasteiger partial charge in [-0.3, -0.25) is 4.57 Å². The second kappa shape index (κ2) is 5.97. The Morgan fingerprint density at radius 1 is 1.38 bits per heavy atom. The van der Waals surface area contributed by atoms with Crippen molar-refractivity contribution >= 4 is 28.8 Å². The number of para-hydroxylation sites is 1. The number of rotatable bonds is 6. The molecule has 6 heteroatoms. The Morgan fingerprint density at radius 2 is 2.05 bits per heavy atom. The van der Waals surface area contributed by atoms with Crippen LogP contribution in [0.4, 0.5) is 0 Å². The molecule has 0 fully saturated rings. The van der Waals surface area contributed by atoms with Gasteiger partial charge in [-0.15, -0.1) is 0 Å². The second-order valence-electron chi connectivity index (χ2n) is 5.12. The van der Waals surface area contributed by atoms with Crippen molar-refractivity contribution in [3.63, 3.8) is 0 Å². The van der Waals surface area contributed by atoms with Gasteiger partial charge in [-0.25, -0.2) is 9.59 Å². The number of H-pyrrole nitrogens is 1. The molecule has 0 spiro atoms. The minimum absolute atomic E-state index is 0.0649. The highest BCUT2D eigenvalue weighted by atomic mass is 32.2. The number of carboxylic acid groups (broad SMARTS) is 1. The maximum absolute atomic E-state index is 12.2. The fourth-order valence-corrected chi connectivity index (χ4v) is 3.49. The van der Waals surface area contributed by atoms with Crippen LogP contribution < -0.4 is 5.69 Å². The number of aromatic carboxylic acids is 1. The van der Waals surface area contributed by atoms with Gasteiger partial charge in [0.15, 0.2) is 0 Å². The van der Waals surface area contributed by atoms with E-state index in [-0.39, 0.29) is 16.0 Å². The predicted octanol–water partition coefficient (Wildman–Crippen LogP) is 2.95. The average Bonchev–Trinajstić information content (AvgIpc) is 2.80. The molecule has 2 aromatic rings. The van der Waals surface area contributed by atoms with E-state index in [2.05, 4.69) is 18.8 Å². The van der Waals surface area contributed by atoms with Crippen molar-refractivity contribution < 1.29 is 9.90 Å². The van der Waals surface area contributed by atoms with Crippen molar-refractivity contribution in [2.24, 2.45) is 0 Å². The Hall–Kier alpha value is -1.69. The number of aromatic amines is 1. The molecule has 1 heterocycles. The zero-order valence-electron chi connectivity index (χ0n) is 12.5. The zero-order valence-corrected chi connectivity index (χ0v) is 13.3. The van der Waals surface area contributed by atoms with Gasteiger partial charge in [0.2, 0.25) is 0 Å². The summed E-state index contributed by atoms with van der Waals surface area (Å²) in [5, 5.41) is 9.35. The van der Waals surface area contributed by atoms with Crippen LogP contribution in [0.15, 0.2) is 23.0 Å². The topological polar surface area (TPSA) is 75.1 Å². The normalized spacial score (nSPS) is 12.0. The van der Waals surface area contributed by atoms with Crippen LogP contribution in [0.2, 0.25) is 0 Å². The molecule has 0 bridgehead atoms. The minimum Gasteiger partial charge on any atom is -0.478 e. The van der Waals surface area contributed by atoms with Gasteiger partial charge in [0.25, 0.3) is 0 Å². The number of hydrogen-bond donors (Lipinski definition) is 2. The summed E-state index contributed by atoms with van der Waals surface area (Å²) in [6.45, 7) is 4.69. The van der Waals surface area contributed by atoms with Crippen LogP contribution in [0.1, 0.15) is 37.0 Å².